The van der Waals surface area contributed by atoms with Crippen LogP contribution in [0.5, 0.6) is 0 Å². The van der Waals surface area contributed by atoms with E-state index < -0.39 is 10.0 Å². The molecule has 0 fully saturated rings. The third-order valence-corrected chi connectivity index (χ3v) is 7.15. The molecule has 2 aromatic heterocycles. The number of benzene rings is 2. The Morgan fingerprint density at radius 2 is 1.61 bits per heavy atom. The van der Waals surface area contributed by atoms with Gasteiger partial charge in [0.25, 0.3) is 10.0 Å². The summed E-state index contributed by atoms with van der Waals surface area (Å²) in [6.07, 6.45) is 0.678. The van der Waals surface area contributed by atoms with Crippen LogP contribution in [0.1, 0.15) is 30.7 Å². The average molecular weight is 435 g/mol. The number of fused-ring (bicyclic) bond motifs is 1. The molecule has 2 N–H and O–H groups in total. The molecule has 0 atom stereocenters. The van der Waals surface area contributed by atoms with E-state index in [1.54, 1.807) is 24.3 Å². The van der Waals surface area contributed by atoms with Crippen LogP contribution in [0.3, 0.4) is 0 Å². The molecule has 7 heteroatoms. The van der Waals surface area contributed by atoms with Gasteiger partial charge in [0.1, 0.15) is 5.82 Å². The summed E-state index contributed by atoms with van der Waals surface area (Å²) in [5, 5.41) is 0.613. The van der Waals surface area contributed by atoms with Crippen LogP contribution in [0, 0.1) is 19.8 Å². The van der Waals surface area contributed by atoms with Crippen LogP contribution in [0.4, 0.5) is 5.82 Å². The Kier molecular flexibility index (Phi) is 5.31. The Morgan fingerprint density at radius 1 is 0.968 bits per heavy atom. The highest BCUT2D eigenvalue weighted by Crippen LogP contribution is 2.34. The van der Waals surface area contributed by atoms with Gasteiger partial charge in [-0.3, -0.25) is 0 Å². The van der Waals surface area contributed by atoms with Gasteiger partial charge < -0.3 is 5.73 Å². The molecule has 2 aromatic carbocycles. The lowest BCUT2D eigenvalue weighted by Crippen LogP contribution is -2.15. The number of aryl methyl sites for hydroxylation is 1. The number of aromatic nitrogens is 3. The Labute approximate surface area is 182 Å². The van der Waals surface area contributed by atoms with Crippen LogP contribution in [-0.2, 0) is 16.4 Å². The number of anilines is 1. The Bertz CT molecular complexity index is 1360. The fourth-order valence-electron chi connectivity index (χ4n) is 3.85. The summed E-state index contributed by atoms with van der Waals surface area (Å²) >= 11 is 0. The van der Waals surface area contributed by atoms with Gasteiger partial charge in [0.15, 0.2) is 11.5 Å². The molecule has 0 aliphatic carbocycles. The van der Waals surface area contributed by atoms with Gasteiger partial charge in [-0.05, 0) is 43.9 Å². The first-order valence-corrected chi connectivity index (χ1v) is 11.7. The predicted molar refractivity (Wildman–Crippen MR) is 124 cm³/mol. The lowest BCUT2D eigenvalue weighted by Gasteiger charge is -2.11. The third-order valence-electron chi connectivity index (χ3n) is 5.36. The van der Waals surface area contributed by atoms with E-state index in [4.69, 9.17) is 10.7 Å². The van der Waals surface area contributed by atoms with Crippen molar-refractivity contribution in [1.82, 2.24) is 13.9 Å². The van der Waals surface area contributed by atoms with Crippen molar-refractivity contribution in [1.29, 1.82) is 0 Å². The van der Waals surface area contributed by atoms with E-state index >= 15 is 0 Å². The van der Waals surface area contributed by atoms with Gasteiger partial charge in [-0.2, -0.15) is 0 Å². The molecule has 0 aliphatic rings. The minimum Gasteiger partial charge on any atom is -0.383 e. The van der Waals surface area contributed by atoms with Gasteiger partial charge in [0.05, 0.1) is 10.3 Å². The minimum absolute atomic E-state index is 0.215. The van der Waals surface area contributed by atoms with E-state index in [1.807, 2.05) is 44.2 Å². The molecule has 0 aliphatic heterocycles. The zero-order valence-corrected chi connectivity index (χ0v) is 18.9. The number of nitrogens with two attached hydrogens (primary N) is 1. The number of nitrogens with zero attached hydrogens (tertiary/aromatic N) is 3. The van der Waals surface area contributed by atoms with Crippen molar-refractivity contribution < 1.29 is 8.42 Å². The maximum absolute atomic E-state index is 13.7. The molecule has 4 rings (SSSR count). The van der Waals surface area contributed by atoms with Crippen molar-refractivity contribution in [3.05, 3.63) is 71.4 Å². The highest BCUT2D eigenvalue weighted by atomic mass is 32.2. The second-order valence-corrected chi connectivity index (χ2v) is 10.0. The van der Waals surface area contributed by atoms with E-state index in [2.05, 4.69) is 18.8 Å². The molecule has 0 saturated heterocycles. The van der Waals surface area contributed by atoms with Gasteiger partial charge in [0.2, 0.25) is 0 Å². The zero-order chi connectivity index (χ0) is 22.3. The summed E-state index contributed by atoms with van der Waals surface area (Å²) in [4.78, 5) is 9.43. The molecule has 0 unspecified atom stereocenters. The first kappa shape index (κ1) is 21.1. The largest absolute Gasteiger partial charge is 0.383 e. The van der Waals surface area contributed by atoms with Crippen LogP contribution in [0.25, 0.3) is 22.4 Å². The van der Waals surface area contributed by atoms with E-state index in [1.165, 1.54) is 3.97 Å². The number of hydrogen-bond donors (Lipinski definition) is 1. The molecule has 0 radical (unpaired) electrons. The molecule has 4 aromatic rings. The van der Waals surface area contributed by atoms with Crippen LogP contribution in [0.15, 0.2) is 59.5 Å². The van der Waals surface area contributed by atoms with E-state index in [-0.39, 0.29) is 4.90 Å². The first-order chi connectivity index (χ1) is 14.7. The Morgan fingerprint density at radius 3 is 2.23 bits per heavy atom. The smallest absolute Gasteiger partial charge is 0.269 e. The number of nitrogen functional groups attached to an aromatic ring is 1. The van der Waals surface area contributed by atoms with Crippen LogP contribution < -0.4 is 5.73 Å². The van der Waals surface area contributed by atoms with Crippen molar-refractivity contribution in [3.63, 3.8) is 0 Å². The van der Waals surface area contributed by atoms with Gasteiger partial charge in [0, 0.05) is 11.3 Å². The summed E-state index contributed by atoms with van der Waals surface area (Å²) in [5.74, 6) is 1.01. The molecule has 0 amide bonds. The van der Waals surface area contributed by atoms with Crippen molar-refractivity contribution in [2.24, 2.45) is 5.92 Å². The molecule has 160 valence electrons. The fourth-order valence-corrected chi connectivity index (χ4v) is 5.37. The van der Waals surface area contributed by atoms with E-state index in [0.29, 0.717) is 40.7 Å². The molecule has 6 nitrogen and oxygen atoms in total. The highest BCUT2D eigenvalue weighted by Gasteiger charge is 2.28. The third kappa shape index (κ3) is 3.70. The predicted octanol–water partition coefficient (Wildman–Crippen LogP) is 4.73. The van der Waals surface area contributed by atoms with Crippen LogP contribution in [0.2, 0.25) is 0 Å². The fraction of sp³-hybridized carbons (Fsp3) is 0.250. The second kappa shape index (κ2) is 7.81. The van der Waals surface area contributed by atoms with Crippen molar-refractivity contribution in [3.8, 4) is 11.4 Å². The summed E-state index contributed by atoms with van der Waals surface area (Å²) in [6, 6.07) is 16.3. The van der Waals surface area contributed by atoms with E-state index in [9.17, 15) is 8.42 Å². The quantitative estimate of drug-likeness (QED) is 0.490. The maximum atomic E-state index is 13.7. The molecule has 31 heavy (non-hydrogen) atoms. The summed E-state index contributed by atoms with van der Waals surface area (Å²) < 4.78 is 28.7. The Hall–Kier alpha value is -3.19. The van der Waals surface area contributed by atoms with Gasteiger partial charge >= 0.3 is 0 Å². The zero-order valence-electron chi connectivity index (χ0n) is 18.1. The molecule has 0 bridgehead atoms. The van der Waals surface area contributed by atoms with Crippen LogP contribution >= 0.6 is 0 Å². The molecule has 0 spiro atoms. The van der Waals surface area contributed by atoms with Gasteiger partial charge in [-0.15, -0.1) is 0 Å². The summed E-state index contributed by atoms with van der Waals surface area (Å²) in [7, 11) is -3.87. The van der Waals surface area contributed by atoms with Gasteiger partial charge in [-0.1, -0.05) is 61.9 Å². The minimum atomic E-state index is -3.87. The highest BCUT2D eigenvalue weighted by molar-refractivity contribution is 7.90. The summed E-state index contributed by atoms with van der Waals surface area (Å²) in [5.41, 5.74) is 9.98. The Balaban J connectivity index is 2.07. The number of rotatable bonds is 5. The van der Waals surface area contributed by atoms with Crippen molar-refractivity contribution in [2.75, 3.05) is 5.73 Å². The standard InChI is InChI=1S/C24H26N4O2S/c1-15(2)14-20-17(4)28(31(29,30)19-12-10-16(3)11-13-19)24-21(20)22(25)26-23(27-24)18-8-6-5-7-9-18/h5-13,15H,14H2,1-4H3,(H2,25,26,27). The molecular weight excluding hydrogens is 408 g/mol. The van der Waals surface area contributed by atoms with E-state index in [0.717, 1.165) is 16.7 Å². The normalized spacial score (nSPS) is 12.0. The molecule has 0 saturated carbocycles. The molecular formula is C24H26N4O2S. The van der Waals surface area contributed by atoms with Crippen LogP contribution in [-0.4, -0.2) is 22.4 Å². The average Bonchev–Trinajstić information content (AvgIpc) is 3.01. The lowest BCUT2D eigenvalue weighted by atomic mass is 10.0. The van der Waals surface area contributed by atoms with Gasteiger partial charge in [-0.25, -0.2) is 22.4 Å². The maximum Gasteiger partial charge on any atom is 0.269 e. The first-order valence-electron chi connectivity index (χ1n) is 10.2. The number of hydrogen-bond acceptors (Lipinski definition) is 5. The van der Waals surface area contributed by atoms with Crippen molar-refractivity contribution >= 4 is 26.9 Å². The SMILES string of the molecule is Cc1ccc(S(=O)(=O)n2c(C)c(CC(C)C)c3c(N)nc(-c4ccccc4)nc32)cc1. The van der Waals surface area contributed by atoms with Crippen molar-refractivity contribution in [2.45, 2.75) is 39.0 Å². The topological polar surface area (TPSA) is 90.9 Å². The lowest BCUT2D eigenvalue weighted by molar-refractivity contribution is 0.586. The summed E-state index contributed by atoms with van der Waals surface area (Å²) in [6.45, 7) is 7.92. The molecule has 2 heterocycles. The monoisotopic (exact) mass is 434 g/mol. The second-order valence-electron chi connectivity index (χ2n) is 8.24.